The predicted molar refractivity (Wildman–Crippen MR) is 88.0 cm³/mol. The highest BCUT2D eigenvalue weighted by atomic mass is 16.5. The normalized spacial score (nSPS) is 15.5. The van der Waals surface area contributed by atoms with Crippen LogP contribution in [0, 0.1) is 0 Å². The zero-order valence-electron chi connectivity index (χ0n) is 13.6. The molecule has 1 aromatic heterocycles. The molecule has 3 rings (SSSR count). The third-order valence-corrected chi connectivity index (χ3v) is 4.25. The van der Waals surface area contributed by atoms with Gasteiger partial charge in [-0.2, -0.15) is 0 Å². The second-order valence-electron chi connectivity index (χ2n) is 5.76. The van der Waals surface area contributed by atoms with E-state index in [-0.39, 0.29) is 12.0 Å². The van der Waals surface area contributed by atoms with Crippen LogP contribution in [0.15, 0.2) is 42.6 Å². The summed E-state index contributed by atoms with van der Waals surface area (Å²) < 4.78 is 13.2. The second kappa shape index (κ2) is 6.77. The third kappa shape index (κ3) is 3.33. The molecule has 1 amide bonds. The number of likely N-dealkylation sites (tertiary alicyclic amines) is 1. The molecule has 2 heterocycles. The molecule has 0 bridgehead atoms. The van der Waals surface area contributed by atoms with Crippen molar-refractivity contribution in [3.05, 3.63) is 48.3 Å². The van der Waals surface area contributed by atoms with Crippen molar-refractivity contribution < 1.29 is 14.3 Å². The number of piperidine rings is 1. The maximum absolute atomic E-state index is 12.5. The lowest BCUT2D eigenvalue weighted by atomic mass is 10.1. The van der Waals surface area contributed by atoms with Crippen molar-refractivity contribution >= 4 is 5.91 Å². The van der Waals surface area contributed by atoms with Gasteiger partial charge in [-0.25, -0.2) is 0 Å². The minimum Gasteiger partial charge on any atom is -0.493 e. The molecule has 5 heteroatoms. The van der Waals surface area contributed by atoms with Crippen LogP contribution < -0.4 is 9.47 Å². The SMILES string of the molecule is COc1ccccc1OC1CCN(C(=O)c2cccn2C)CC1. The van der Waals surface area contributed by atoms with Gasteiger partial charge in [-0.05, 0) is 24.3 Å². The van der Waals surface area contributed by atoms with Crippen LogP contribution in [0.2, 0.25) is 0 Å². The quantitative estimate of drug-likeness (QED) is 0.871. The number of methoxy groups -OCH3 is 1. The Morgan fingerprint density at radius 1 is 1.09 bits per heavy atom. The van der Waals surface area contributed by atoms with Crippen LogP contribution >= 0.6 is 0 Å². The molecular weight excluding hydrogens is 292 g/mol. The summed E-state index contributed by atoms with van der Waals surface area (Å²) in [4.78, 5) is 14.4. The maximum atomic E-state index is 12.5. The molecule has 1 aromatic carbocycles. The summed E-state index contributed by atoms with van der Waals surface area (Å²) in [7, 11) is 3.54. The van der Waals surface area contributed by atoms with Gasteiger partial charge in [-0.3, -0.25) is 4.79 Å². The van der Waals surface area contributed by atoms with Gasteiger partial charge in [0.2, 0.25) is 0 Å². The zero-order valence-corrected chi connectivity index (χ0v) is 13.6. The van der Waals surface area contributed by atoms with Gasteiger partial charge >= 0.3 is 0 Å². The number of nitrogens with zero attached hydrogens (tertiary/aromatic N) is 2. The van der Waals surface area contributed by atoms with Gasteiger partial charge in [0.05, 0.1) is 7.11 Å². The van der Waals surface area contributed by atoms with E-state index in [1.54, 1.807) is 7.11 Å². The molecule has 23 heavy (non-hydrogen) atoms. The molecule has 0 saturated carbocycles. The molecule has 0 atom stereocenters. The average molecular weight is 314 g/mol. The molecule has 0 spiro atoms. The van der Waals surface area contributed by atoms with Crippen LogP contribution in [0.1, 0.15) is 23.3 Å². The highest BCUT2D eigenvalue weighted by molar-refractivity contribution is 5.92. The lowest BCUT2D eigenvalue weighted by molar-refractivity contribution is 0.0582. The summed E-state index contributed by atoms with van der Waals surface area (Å²) in [6.07, 6.45) is 3.66. The van der Waals surface area contributed by atoms with Crippen LogP contribution in [0.25, 0.3) is 0 Å². The first-order valence-corrected chi connectivity index (χ1v) is 7.89. The van der Waals surface area contributed by atoms with Crippen molar-refractivity contribution in [2.75, 3.05) is 20.2 Å². The number of carbonyl (C=O) groups excluding carboxylic acids is 1. The van der Waals surface area contributed by atoms with Crippen molar-refractivity contribution in [2.45, 2.75) is 18.9 Å². The molecular formula is C18H22N2O3. The molecule has 1 aliphatic heterocycles. The number of carbonyl (C=O) groups is 1. The van der Waals surface area contributed by atoms with Crippen LogP contribution in [-0.2, 0) is 7.05 Å². The lowest BCUT2D eigenvalue weighted by Crippen LogP contribution is -2.42. The highest BCUT2D eigenvalue weighted by Gasteiger charge is 2.26. The first-order chi connectivity index (χ1) is 11.2. The van der Waals surface area contributed by atoms with Crippen molar-refractivity contribution in [1.29, 1.82) is 0 Å². The Balaban J connectivity index is 1.58. The Morgan fingerprint density at radius 3 is 2.39 bits per heavy atom. The van der Waals surface area contributed by atoms with E-state index < -0.39 is 0 Å². The van der Waals surface area contributed by atoms with Gasteiger partial charge in [0.1, 0.15) is 11.8 Å². The number of hydrogen-bond donors (Lipinski definition) is 0. The molecule has 1 aliphatic rings. The number of para-hydroxylation sites is 2. The fourth-order valence-corrected chi connectivity index (χ4v) is 2.92. The van der Waals surface area contributed by atoms with E-state index in [0.717, 1.165) is 30.0 Å². The Bertz CT molecular complexity index is 672. The van der Waals surface area contributed by atoms with Crippen molar-refractivity contribution in [1.82, 2.24) is 9.47 Å². The molecule has 0 aliphatic carbocycles. The Labute approximate surface area is 136 Å². The van der Waals surface area contributed by atoms with Gasteiger partial charge in [0.15, 0.2) is 11.5 Å². The number of amides is 1. The summed E-state index contributed by atoms with van der Waals surface area (Å²) >= 11 is 0. The van der Waals surface area contributed by atoms with E-state index in [4.69, 9.17) is 9.47 Å². The largest absolute Gasteiger partial charge is 0.493 e. The minimum absolute atomic E-state index is 0.0910. The fourth-order valence-electron chi connectivity index (χ4n) is 2.92. The van der Waals surface area contributed by atoms with Gasteiger partial charge in [0.25, 0.3) is 5.91 Å². The Morgan fingerprint density at radius 2 is 1.78 bits per heavy atom. The van der Waals surface area contributed by atoms with E-state index in [9.17, 15) is 4.79 Å². The van der Waals surface area contributed by atoms with Gasteiger partial charge in [-0.1, -0.05) is 12.1 Å². The third-order valence-electron chi connectivity index (χ3n) is 4.25. The van der Waals surface area contributed by atoms with Crippen LogP contribution in [0.4, 0.5) is 0 Å². The molecule has 0 N–H and O–H groups in total. The summed E-state index contributed by atoms with van der Waals surface area (Å²) in [5.74, 6) is 1.60. The van der Waals surface area contributed by atoms with Crippen LogP contribution in [-0.4, -0.2) is 41.7 Å². The van der Waals surface area contributed by atoms with Crippen LogP contribution in [0.3, 0.4) is 0 Å². The zero-order chi connectivity index (χ0) is 16.2. The van der Waals surface area contributed by atoms with Crippen LogP contribution in [0.5, 0.6) is 11.5 Å². The summed E-state index contributed by atoms with van der Waals surface area (Å²) in [6.45, 7) is 1.42. The topological polar surface area (TPSA) is 43.7 Å². The van der Waals surface area contributed by atoms with Gasteiger partial charge in [0, 0.05) is 39.2 Å². The van der Waals surface area contributed by atoms with Gasteiger partial charge < -0.3 is 18.9 Å². The Hall–Kier alpha value is -2.43. The van der Waals surface area contributed by atoms with Gasteiger partial charge in [-0.15, -0.1) is 0 Å². The second-order valence-corrected chi connectivity index (χ2v) is 5.76. The number of aryl methyl sites for hydroxylation is 1. The maximum Gasteiger partial charge on any atom is 0.270 e. The van der Waals surface area contributed by atoms with Crippen molar-refractivity contribution in [3.8, 4) is 11.5 Å². The molecule has 5 nitrogen and oxygen atoms in total. The van der Waals surface area contributed by atoms with E-state index >= 15 is 0 Å². The number of benzene rings is 1. The summed E-state index contributed by atoms with van der Waals surface area (Å²) in [5.41, 5.74) is 0.731. The molecule has 2 aromatic rings. The monoisotopic (exact) mass is 314 g/mol. The van der Waals surface area contributed by atoms with E-state index in [2.05, 4.69) is 0 Å². The molecule has 0 radical (unpaired) electrons. The first kappa shape index (κ1) is 15.5. The smallest absolute Gasteiger partial charge is 0.270 e. The molecule has 0 unspecified atom stereocenters. The molecule has 1 saturated heterocycles. The average Bonchev–Trinajstić information content (AvgIpc) is 3.01. The van der Waals surface area contributed by atoms with Crippen molar-refractivity contribution in [2.24, 2.45) is 7.05 Å². The number of ether oxygens (including phenoxy) is 2. The number of aromatic nitrogens is 1. The minimum atomic E-state index is 0.0910. The predicted octanol–water partition coefficient (Wildman–Crippen LogP) is 2.72. The standard InChI is InChI=1S/C18H22N2O3/c1-19-11-5-6-15(19)18(21)20-12-9-14(10-13-20)23-17-8-4-3-7-16(17)22-2/h3-8,11,14H,9-10,12-13H2,1-2H3. The first-order valence-electron chi connectivity index (χ1n) is 7.89. The summed E-state index contributed by atoms with van der Waals surface area (Å²) in [5, 5.41) is 0. The van der Waals surface area contributed by atoms with E-state index in [0.29, 0.717) is 13.1 Å². The summed E-state index contributed by atoms with van der Waals surface area (Å²) in [6, 6.07) is 11.4. The highest BCUT2D eigenvalue weighted by Crippen LogP contribution is 2.29. The van der Waals surface area contributed by atoms with Crippen molar-refractivity contribution in [3.63, 3.8) is 0 Å². The number of rotatable bonds is 4. The lowest BCUT2D eigenvalue weighted by Gasteiger charge is -2.32. The molecule has 122 valence electrons. The van der Waals surface area contributed by atoms with E-state index in [1.165, 1.54) is 0 Å². The number of hydrogen-bond acceptors (Lipinski definition) is 3. The fraction of sp³-hybridized carbons (Fsp3) is 0.389. The van der Waals surface area contributed by atoms with E-state index in [1.807, 2.05) is 59.1 Å². The molecule has 1 fully saturated rings. The Kier molecular flexibility index (Phi) is 4.55.